The highest BCUT2D eigenvalue weighted by Gasteiger charge is 2.28. The second kappa shape index (κ2) is 8.02. The lowest BCUT2D eigenvalue weighted by molar-refractivity contribution is -0.131. The van der Waals surface area contributed by atoms with Crippen LogP contribution in [0.25, 0.3) is 0 Å². The maximum absolute atomic E-state index is 13.4. The molecule has 7 heteroatoms. The van der Waals surface area contributed by atoms with Crippen LogP contribution >= 0.6 is 0 Å². The van der Waals surface area contributed by atoms with Gasteiger partial charge in [0.15, 0.2) is 0 Å². The fourth-order valence-corrected chi connectivity index (χ4v) is 3.03. The molecule has 1 saturated heterocycles. The Bertz CT molecular complexity index is 741. The van der Waals surface area contributed by atoms with Crippen molar-refractivity contribution in [2.75, 3.05) is 26.7 Å². The Morgan fingerprint density at radius 2 is 2.24 bits per heavy atom. The Balaban J connectivity index is 1.79. The van der Waals surface area contributed by atoms with E-state index in [2.05, 4.69) is 15.3 Å². The number of nitrogens with zero attached hydrogens (tertiary/aromatic N) is 3. The first kappa shape index (κ1) is 17.3. The third-order valence-electron chi connectivity index (χ3n) is 4.19. The van der Waals surface area contributed by atoms with E-state index in [-0.39, 0.29) is 17.6 Å². The number of amides is 1. The van der Waals surface area contributed by atoms with E-state index in [9.17, 15) is 9.18 Å². The smallest absolute Gasteiger partial charge is 0.241 e. The summed E-state index contributed by atoms with van der Waals surface area (Å²) in [6.45, 7) is 1.65. The molecule has 2 aromatic rings. The van der Waals surface area contributed by atoms with E-state index in [0.717, 1.165) is 19.4 Å². The van der Waals surface area contributed by atoms with E-state index in [1.807, 2.05) is 4.90 Å². The van der Waals surface area contributed by atoms with Crippen molar-refractivity contribution >= 4 is 5.91 Å². The molecular formula is C18H21FN4O2. The van der Waals surface area contributed by atoms with Gasteiger partial charge in [-0.05, 0) is 32.0 Å². The number of hydrogen-bond acceptors (Lipinski definition) is 5. The summed E-state index contributed by atoms with van der Waals surface area (Å²) in [5, 5.41) is 2.89. The molecule has 0 aliphatic carbocycles. The summed E-state index contributed by atoms with van der Waals surface area (Å²) in [5.74, 6) is 0.488. The monoisotopic (exact) mass is 344 g/mol. The molecule has 0 bridgehead atoms. The van der Waals surface area contributed by atoms with Crippen LogP contribution in [0.15, 0.2) is 36.7 Å². The molecule has 0 radical (unpaired) electrons. The lowest BCUT2D eigenvalue weighted by Gasteiger charge is -2.32. The van der Waals surface area contributed by atoms with E-state index in [1.54, 1.807) is 31.6 Å². The summed E-state index contributed by atoms with van der Waals surface area (Å²) in [7, 11) is 1.76. The number of ether oxygens (including phenoxy) is 1. The summed E-state index contributed by atoms with van der Waals surface area (Å²) in [4.78, 5) is 22.7. The van der Waals surface area contributed by atoms with Gasteiger partial charge in [-0.3, -0.25) is 9.78 Å². The Morgan fingerprint density at radius 1 is 1.40 bits per heavy atom. The van der Waals surface area contributed by atoms with Crippen LogP contribution in [0, 0.1) is 5.82 Å². The number of rotatable bonds is 5. The number of benzene rings is 1. The highest BCUT2D eigenvalue weighted by molar-refractivity contribution is 5.78. The highest BCUT2D eigenvalue weighted by Crippen LogP contribution is 2.32. The first-order chi connectivity index (χ1) is 12.2. The predicted molar refractivity (Wildman–Crippen MR) is 91.0 cm³/mol. The lowest BCUT2D eigenvalue weighted by atomic mass is 9.94. The molecule has 1 aromatic carbocycles. The molecule has 3 rings (SSSR count). The number of halogens is 1. The van der Waals surface area contributed by atoms with Gasteiger partial charge in [-0.15, -0.1) is 0 Å². The van der Waals surface area contributed by atoms with Gasteiger partial charge in [0.2, 0.25) is 11.8 Å². The minimum absolute atomic E-state index is 0.0480. The number of likely N-dealkylation sites (N-methyl/N-ethyl adjacent to an activating group) is 1. The van der Waals surface area contributed by atoms with E-state index in [1.165, 1.54) is 12.1 Å². The average molecular weight is 344 g/mol. The Morgan fingerprint density at radius 3 is 3.04 bits per heavy atom. The quantitative estimate of drug-likeness (QED) is 0.902. The minimum atomic E-state index is -0.371. The SMILES string of the molecule is CNCC(=O)N1CCC[C@H](c2nccnc2Oc2cccc(F)c2)C1. The van der Waals surface area contributed by atoms with E-state index in [4.69, 9.17) is 4.74 Å². The van der Waals surface area contributed by atoms with Crippen LogP contribution in [0.3, 0.4) is 0 Å². The number of likely N-dealkylation sites (tertiary alicyclic amines) is 1. The van der Waals surface area contributed by atoms with Crippen LogP contribution < -0.4 is 10.1 Å². The predicted octanol–water partition coefficient (Wildman–Crippen LogP) is 2.33. The van der Waals surface area contributed by atoms with Crippen LogP contribution in [0.5, 0.6) is 11.6 Å². The molecule has 1 fully saturated rings. The summed E-state index contributed by atoms with van der Waals surface area (Å²) >= 11 is 0. The van der Waals surface area contributed by atoms with Gasteiger partial charge in [-0.2, -0.15) is 0 Å². The van der Waals surface area contributed by atoms with Crippen molar-refractivity contribution in [2.24, 2.45) is 0 Å². The number of nitrogens with one attached hydrogen (secondary N) is 1. The summed E-state index contributed by atoms with van der Waals surface area (Å²) in [6.07, 6.45) is 4.96. The molecule has 1 N–H and O–H groups in total. The molecule has 2 heterocycles. The molecule has 1 aliphatic rings. The lowest BCUT2D eigenvalue weighted by Crippen LogP contribution is -2.43. The molecule has 6 nitrogen and oxygen atoms in total. The topological polar surface area (TPSA) is 67.4 Å². The molecule has 0 saturated carbocycles. The van der Waals surface area contributed by atoms with Gasteiger partial charge in [0.1, 0.15) is 17.3 Å². The molecule has 1 aromatic heterocycles. The van der Waals surface area contributed by atoms with Crippen LogP contribution in [0.2, 0.25) is 0 Å². The second-order valence-corrected chi connectivity index (χ2v) is 6.02. The largest absolute Gasteiger partial charge is 0.437 e. The van der Waals surface area contributed by atoms with Crippen molar-refractivity contribution < 1.29 is 13.9 Å². The van der Waals surface area contributed by atoms with E-state index >= 15 is 0 Å². The Hall–Kier alpha value is -2.54. The van der Waals surface area contributed by atoms with Gasteiger partial charge in [0, 0.05) is 37.5 Å². The highest BCUT2D eigenvalue weighted by atomic mass is 19.1. The van der Waals surface area contributed by atoms with Gasteiger partial charge in [0.25, 0.3) is 0 Å². The molecule has 1 atom stereocenters. The number of piperidine rings is 1. The summed E-state index contributed by atoms with van der Waals surface area (Å²) in [6, 6.07) is 5.92. The first-order valence-corrected chi connectivity index (χ1v) is 8.34. The van der Waals surface area contributed by atoms with Crippen molar-refractivity contribution in [1.29, 1.82) is 0 Å². The molecule has 0 spiro atoms. The standard InChI is InChI=1S/C18H21FN4O2/c1-20-11-16(24)23-9-3-4-13(12-23)17-18(22-8-7-21-17)25-15-6-2-5-14(19)10-15/h2,5-8,10,13,20H,3-4,9,11-12H2,1H3/t13-/m0/s1. The number of carbonyl (C=O) groups excluding carboxylic acids is 1. The molecule has 1 amide bonds. The maximum Gasteiger partial charge on any atom is 0.241 e. The number of carbonyl (C=O) groups is 1. The van der Waals surface area contributed by atoms with Crippen molar-refractivity contribution in [2.45, 2.75) is 18.8 Å². The summed E-state index contributed by atoms with van der Waals surface area (Å²) in [5.41, 5.74) is 0.703. The fraction of sp³-hybridized carbons (Fsp3) is 0.389. The van der Waals surface area contributed by atoms with Crippen molar-refractivity contribution in [3.05, 3.63) is 48.2 Å². The first-order valence-electron chi connectivity index (χ1n) is 8.34. The zero-order valence-electron chi connectivity index (χ0n) is 14.1. The number of aromatic nitrogens is 2. The van der Waals surface area contributed by atoms with Crippen LogP contribution in [0.1, 0.15) is 24.5 Å². The molecule has 132 valence electrons. The molecule has 0 unspecified atom stereocenters. The normalized spacial score (nSPS) is 17.4. The van der Waals surface area contributed by atoms with Crippen molar-refractivity contribution in [3.8, 4) is 11.6 Å². The van der Waals surface area contributed by atoms with Gasteiger partial charge >= 0.3 is 0 Å². The Kier molecular flexibility index (Phi) is 5.55. The average Bonchev–Trinajstić information content (AvgIpc) is 2.62. The van der Waals surface area contributed by atoms with E-state index in [0.29, 0.717) is 30.4 Å². The zero-order chi connectivity index (χ0) is 17.6. The fourth-order valence-electron chi connectivity index (χ4n) is 3.03. The minimum Gasteiger partial charge on any atom is -0.437 e. The van der Waals surface area contributed by atoms with Crippen LogP contribution in [-0.4, -0.2) is 47.5 Å². The second-order valence-electron chi connectivity index (χ2n) is 6.02. The van der Waals surface area contributed by atoms with Crippen LogP contribution in [-0.2, 0) is 4.79 Å². The maximum atomic E-state index is 13.4. The van der Waals surface area contributed by atoms with Crippen molar-refractivity contribution in [3.63, 3.8) is 0 Å². The molecule has 1 aliphatic heterocycles. The zero-order valence-corrected chi connectivity index (χ0v) is 14.1. The summed E-state index contributed by atoms with van der Waals surface area (Å²) < 4.78 is 19.1. The van der Waals surface area contributed by atoms with Gasteiger partial charge in [-0.25, -0.2) is 9.37 Å². The Labute approximate surface area is 146 Å². The van der Waals surface area contributed by atoms with Crippen LogP contribution in [0.4, 0.5) is 4.39 Å². The van der Waals surface area contributed by atoms with Gasteiger partial charge in [0.05, 0.1) is 6.54 Å². The number of hydrogen-bond donors (Lipinski definition) is 1. The molecular weight excluding hydrogens is 323 g/mol. The molecule has 25 heavy (non-hydrogen) atoms. The third kappa shape index (κ3) is 4.30. The van der Waals surface area contributed by atoms with Gasteiger partial charge in [-0.1, -0.05) is 6.07 Å². The van der Waals surface area contributed by atoms with Gasteiger partial charge < -0.3 is 15.0 Å². The van der Waals surface area contributed by atoms with Crippen molar-refractivity contribution in [1.82, 2.24) is 20.2 Å². The third-order valence-corrected chi connectivity index (χ3v) is 4.19. The van der Waals surface area contributed by atoms with E-state index < -0.39 is 0 Å².